The molecule has 0 aliphatic carbocycles. The number of allylic oxidation sites excluding steroid dienone is 4. The topological polar surface area (TPSA) is 18.5 Å². The van der Waals surface area contributed by atoms with Gasteiger partial charge < -0.3 is 9.47 Å². The summed E-state index contributed by atoms with van der Waals surface area (Å²) in [5.74, 6) is 0. The maximum Gasteiger partial charge on any atom is 0.180 e. The van der Waals surface area contributed by atoms with Crippen LogP contribution in [0.3, 0.4) is 0 Å². The largest absolute Gasteiger partial charge is 0.345 e. The standard InChI is InChI=1S/C20H34O2/c1-9-10-11-12-15(2)18-21-16(14-19(3,4)5)13-17(22-18)20(6,7)8/h9-12,16-18H,1,13-14H2,2-8H3/b11-10-,15-12+. The van der Waals surface area contributed by atoms with Crippen molar-refractivity contribution in [3.05, 3.63) is 36.5 Å². The Labute approximate surface area is 137 Å². The third-order valence-electron chi connectivity index (χ3n) is 3.86. The Bertz CT molecular complexity index is 418. The van der Waals surface area contributed by atoms with Crippen LogP contribution in [-0.2, 0) is 9.47 Å². The highest BCUT2D eigenvalue weighted by molar-refractivity contribution is 5.16. The zero-order valence-corrected chi connectivity index (χ0v) is 15.5. The number of ether oxygens (including phenoxy) is 2. The summed E-state index contributed by atoms with van der Waals surface area (Å²) >= 11 is 0. The van der Waals surface area contributed by atoms with Gasteiger partial charge in [-0.1, -0.05) is 72.4 Å². The first-order valence-corrected chi connectivity index (χ1v) is 8.30. The van der Waals surface area contributed by atoms with Crippen molar-refractivity contribution in [2.45, 2.75) is 79.8 Å². The van der Waals surface area contributed by atoms with Crippen LogP contribution in [-0.4, -0.2) is 18.5 Å². The molecule has 1 saturated heterocycles. The minimum absolute atomic E-state index is 0.120. The molecule has 0 radical (unpaired) electrons. The second kappa shape index (κ2) is 7.61. The number of hydrogen-bond donors (Lipinski definition) is 0. The van der Waals surface area contributed by atoms with Crippen LogP contribution in [0.15, 0.2) is 36.5 Å². The molecule has 0 saturated carbocycles. The molecule has 1 aliphatic heterocycles. The molecule has 0 bridgehead atoms. The summed E-state index contributed by atoms with van der Waals surface area (Å²) < 4.78 is 12.5. The van der Waals surface area contributed by atoms with Gasteiger partial charge in [-0.15, -0.1) is 0 Å². The Kier molecular flexibility index (Phi) is 6.64. The lowest BCUT2D eigenvalue weighted by Crippen LogP contribution is -2.45. The van der Waals surface area contributed by atoms with Crippen molar-refractivity contribution in [1.29, 1.82) is 0 Å². The van der Waals surface area contributed by atoms with Gasteiger partial charge in [0.25, 0.3) is 0 Å². The van der Waals surface area contributed by atoms with E-state index in [9.17, 15) is 0 Å². The Morgan fingerprint density at radius 3 is 2.23 bits per heavy atom. The van der Waals surface area contributed by atoms with Gasteiger partial charge >= 0.3 is 0 Å². The Balaban J connectivity index is 2.90. The van der Waals surface area contributed by atoms with Crippen LogP contribution in [0, 0.1) is 10.8 Å². The molecule has 0 aromatic rings. The highest BCUT2D eigenvalue weighted by atomic mass is 16.7. The third-order valence-corrected chi connectivity index (χ3v) is 3.86. The Morgan fingerprint density at radius 2 is 1.73 bits per heavy atom. The Morgan fingerprint density at radius 1 is 1.09 bits per heavy atom. The van der Waals surface area contributed by atoms with Gasteiger partial charge in [0.05, 0.1) is 12.2 Å². The molecule has 0 N–H and O–H groups in total. The summed E-state index contributed by atoms with van der Waals surface area (Å²) in [7, 11) is 0. The fraction of sp³-hybridized carbons (Fsp3) is 0.700. The summed E-state index contributed by atoms with van der Waals surface area (Å²) in [4.78, 5) is 0. The van der Waals surface area contributed by atoms with E-state index in [1.54, 1.807) is 6.08 Å². The smallest absolute Gasteiger partial charge is 0.180 e. The molecule has 126 valence electrons. The molecule has 22 heavy (non-hydrogen) atoms. The molecule has 1 aliphatic rings. The summed E-state index contributed by atoms with van der Waals surface area (Å²) in [5.41, 5.74) is 1.48. The van der Waals surface area contributed by atoms with Crippen LogP contribution in [0.4, 0.5) is 0 Å². The SMILES string of the molecule is C=C/C=C\C=C(/C)C1OC(CC(C)(C)C)CC(C(C)(C)C)O1. The number of hydrogen-bond acceptors (Lipinski definition) is 2. The van der Waals surface area contributed by atoms with Crippen molar-refractivity contribution in [2.75, 3.05) is 0 Å². The normalized spacial score (nSPS) is 28.1. The van der Waals surface area contributed by atoms with Crippen molar-refractivity contribution < 1.29 is 9.47 Å². The molecule has 0 spiro atoms. The number of rotatable bonds is 4. The molecule has 2 heteroatoms. The molecule has 1 rings (SSSR count). The van der Waals surface area contributed by atoms with Gasteiger partial charge in [-0.05, 0) is 29.7 Å². The highest BCUT2D eigenvalue weighted by Crippen LogP contribution is 2.37. The first-order chi connectivity index (χ1) is 10.0. The van der Waals surface area contributed by atoms with Crippen LogP contribution in [0.2, 0.25) is 0 Å². The van der Waals surface area contributed by atoms with Gasteiger partial charge in [-0.3, -0.25) is 0 Å². The van der Waals surface area contributed by atoms with E-state index in [0.29, 0.717) is 0 Å². The van der Waals surface area contributed by atoms with Crippen molar-refractivity contribution in [1.82, 2.24) is 0 Å². The summed E-state index contributed by atoms with van der Waals surface area (Å²) in [5, 5.41) is 0. The van der Waals surface area contributed by atoms with Crippen LogP contribution in [0.5, 0.6) is 0 Å². The first-order valence-electron chi connectivity index (χ1n) is 8.30. The monoisotopic (exact) mass is 306 g/mol. The molecule has 1 heterocycles. The molecule has 0 aromatic heterocycles. The maximum atomic E-state index is 6.24. The zero-order valence-electron chi connectivity index (χ0n) is 15.5. The summed E-state index contributed by atoms with van der Waals surface area (Å²) in [6.45, 7) is 19.3. The molecule has 3 atom stereocenters. The van der Waals surface area contributed by atoms with E-state index in [1.807, 2.05) is 18.2 Å². The molecule has 1 fully saturated rings. The van der Waals surface area contributed by atoms with Crippen molar-refractivity contribution in [3.8, 4) is 0 Å². The molecule has 2 nitrogen and oxygen atoms in total. The van der Waals surface area contributed by atoms with E-state index >= 15 is 0 Å². The van der Waals surface area contributed by atoms with Crippen LogP contribution >= 0.6 is 0 Å². The van der Waals surface area contributed by atoms with Gasteiger partial charge in [0.15, 0.2) is 6.29 Å². The predicted octanol–water partition coefficient (Wildman–Crippen LogP) is 5.66. The van der Waals surface area contributed by atoms with Gasteiger partial charge in [-0.2, -0.15) is 0 Å². The summed E-state index contributed by atoms with van der Waals surface area (Å²) in [6, 6.07) is 0. The zero-order chi connectivity index (χ0) is 17.0. The van der Waals surface area contributed by atoms with Gasteiger partial charge in [0, 0.05) is 6.42 Å². The van der Waals surface area contributed by atoms with E-state index in [1.165, 1.54) is 0 Å². The minimum atomic E-state index is -0.250. The fourth-order valence-electron chi connectivity index (χ4n) is 2.66. The average Bonchev–Trinajstić information content (AvgIpc) is 2.35. The van der Waals surface area contributed by atoms with Crippen molar-refractivity contribution >= 4 is 0 Å². The van der Waals surface area contributed by atoms with E-state index in [-0.39, 0.29) is 29.3 Å². The minimum Gasteiger partial charge on any atom is -0.345 e. The molecular formula is C20H34O2. The molecule has 0 amide bonds. The quantitative estimate of drug-likeness (QED) is 0.624. The molecular weight excluding hydrogens is 272 g/mol. The molecule has 3 unspecified atom stereocenters. The van der Waals surface area contributed by atoms with E-state index in [4.69, 9.17) is 9.47 Å². The van der Waals surface area contributed by atoms with Gasteiger partial charge in [-0.25, -0.2) is 0 Å². The van der Waals surface area contributed by atoms with Crippen LogP contribution in [0.25, 0.3) is 0 Å². The highest BCUT2D eigenvalue weighted by Gasteiger charge is 2.38. The predicted molar refractivity (Wildman–Crippen MR) is 94.8 cm³/mol. The van der Waals surface area contributed by atoms with E-state index < -0.39 is 0 Å². The lowest BCUT2D eigenvalue weighted by molar-refractivity contribution is -0.249. The first kappa shape index (κ1) is 19.2. The lowest BCUT2D eigenvalue weighted by atomic mass is 9.81. The summed E-state index contributed by atoms with van der Waals surface area (Å²) in [6.07, 6.45) is 9.94. The van der Waals surface area contributed by atoms with Crippen molar-refractivity contribution in [2.24, 2.45) is 10.8 Å². The van der Waals surface area contributed by atoms with E-state index in [0.717, 1.165) is 18.4 Å². The van der Waals surface area contributed by atoms with Crippen LogP contribution < -0.4 is 0 Å². The lowest BCUT2D eigenvalue weighted by Gasteiger charge is -2.43. The van der Waals surface area contributed by atoms with Crippen LogP contribution in [0.1, 0.15) is 61.3 Å². The second-order valence-corrected chi connectivity index (χ2v) is 8.61. The fourth-order valence-corrected chi connectivity index (χ4v) is 2.66. The van der Waals surface area contributed by atoms with Gasteiger partial charge in [0.2, 0.25) is 0 Å². The van der Waals surface area contributed by atoms with Gasteiger partial charge in [0.1, 0.15) is 0 Å². The maximum absolute atomic E-state index is 6.24. The average molecular weight is 306 g/mol. The Hall–Kier alpha value is -0.860. The molecule has 0 aromatic carbocycles. The van der Waals surface area contributed by atoms with E-state index in [2.05, 4.69) is 55.0 Å². The third kappa shape index (κ3) is 6.50. The van der Waals surface area contributed by atoms with Crippen molar-refractivity contribution in [3.63, 3.8) is 0 Å². The second-order valence-electron chi connectivity index (χ2n) is 8.61.